The molecule has 0 fully saturated rings. The van der Waals surface area contributed by atoms with Gasteiger partial charge in [0, 0.05) is 48.2 Å². The van der Waals surface area contributed by atoms with Crippen molar-refractivity contribution in [1.29, 1.82) is 10.5 Å². The van der Waals surface area contributed by atoms with E-state index in [0.717, 1.165) is 56.0 Å². The first-order valence-corrected chi connectivity index (χ1v) is 11.2. The average molecular weight is 578 g/mol. The van der Waals surface area contributed by atoms with Crippen LogP contribution in [0.4, 0.5) is 11.4 Å². The number of rotatable bonds is 7. The molecule has 0 bridgehead atoms. The Kier molecular flexibility index (Phi) is 8.31. The van der Waals surface area contributed by atoms with E-state index in [2.05, 4.69) is 27.7 Å². The van der Waals surface area contributed by atoms with Crippen LogP contribution >= 0.6 is 0 Å². The molecule has 178 valence electrons. The number of fused-ring (bicyclic) bond motifs is 2. The second kappa shape index (κ2) is 11.2. The smallest absolute Gasteiger partial charge is 0.242 e. The van der Waals surface area contributed by atoms with Crippen molar-refractivity contribution in [2.45, 2.75) is 26.7 Å². The summed E-state index contributed by atoms with van der Waals surface area (Å²) in [7, 11) is 1.65. The van der Waals surface area contributed by atoms with Gasteiger partial charge >= 0.3 is 0 Å². The highest BCUT2D eigenvalue weighted by molar-refractivity contribution is 5.89. The van der Waals surface area contributed by atoms with E-state index in [1.165, 1.54) is 0 Å². The first kappa shape index (κ1) is 26.0. The summed E-state index contributed by atoms with van der Waals surface area (Å²) < 4.78 is 7.54. The lowest BCUT2D eigenvalue weighted by Gasteiger charge is -2.22. The van der Waals surface area contributed by atoms with E-state index >= 15 is 0 Å². The Morgan fingerprint density at radius 2 is 1.63 bits per heavy atom. The van der Waals surface area contributed by atoms with Crippen molar-refractivity contribution in [1.82, 2.24) is 4.98 Å². The fourth-order valence-electron chi connectivity index (χ4n) is 4.31. The first-order chi connectivity index (χ1) is 16.5. The number of nitriles is 2. The minimum atomic E-state index is 0. The zero-order valence-electron chi connectivity index (χ0n) is 20.0. The van der Waals surface area contributed by atoms with Crippen molar-refractivity contribution in [3.8, 4) is 23.6 Å². The molecule has 35 heavy (non-hydrogen) atoms. The van der Waals surface area contributed by atoms with E-state index in [9.17, 15) is 0 Å². The van der Waals surface area contributed by atoms with Gasteiger partial charge in [-0.2, -0.15) is 10.5 Å². The monoisotopic (exact) mass is 578 g/mol. The lowest BCUT2D eigenvalue weighted by atomic mass is 10.1. The maximum absolute atomic E-state index is 9.11. The number of ether oxygens (including phenoxy) is 1. The number of nitrogens with zero attached hydrogens (tertiary/aromatic N) is 5. The molecule has 4 aromatic rings. The standard InChI is InChI=1S/C27H26N6O.HI/c1-18-16-24-27(19(2)26(18)30)33(20-6-9-22(34-3)10-7-20)25-17-21(8-11-23(25)31-24)32(14-4-12-28)15-5-13-29;/h6-11,16-17,30H,4-5,14-15H2,1-3H3;1H. The number of halogens is 1. The summed E-state index contributed by atoms with van der Waals surface area (Å²) in [6.07, 6.45) is 0.764. The maximum Gasteiger partial charge on any atom is 0.242 e. The van der Waals surface area contributed by atoms with Crippen LogP contribution in [0.25, 0.3) is 27.8 Å². The van der Waals surface area contributed by atoms with E-state index in [1.54, 1.807) is 7.11 Å². The molecule has 1 aromatic heterocycles. The molecule has 0 aliphatic rings. The number of benzene rings is 3. The molecule has 8 heteroatoms. The second-order valence-electron chi connectivity index (χ2n) is 8.22. The number of nitrogens with two attached hydrogens (primary N) is 1. The van der Waals surface area contributed by atoms with Gasteiger partial charge in [0.1, 0.15) is 16.8 Å². The second-order valence-corrected chi connectivity index (χ2v) is 8.22. The number of nitrogen functional groups attached to an aromatic ring is 1. The van der Waals surface area contributed by atoms with Gasteiger partial charge in [0.25, 0.3) is 0 Å². The summed E-state index contributed by atoms with van der Waals surface area (Å²) in [5.41, 5.74) is 14.6. The van der Waals surface area contributed by atoms with E-state index in [1.807, 2.05) is 56.3 Å². The van der Waals surface area contributed by atoms with Crippen LogP contribution in [0.15, 0.2) is 48.5 Å². The van der Waals surface area contributed by atoms with Gasteiger partial charge in [-0.3, -0.25) is 0 Å². The zero-order valence-corrected chi connectivity index (χ0v) is 22.2. The molecule has 0 aliphatic heterocycles. The van der Waals surface area contributed by atoms with Crippen LogP contribution in [-0.2, 0) is 0 Å². The molecule has 0 saturated heterocycles. The summed E-state index contributed by atoms with van der Waals surface area (Å²) >= 11 is 0. The molecule has 0 unspecified atom stereocenters. The zero-order chi connectivity index (χ0) is 24.2. The SMILES string of the molecule is COc1ccc(-[n+]2c3cc(N(CCC#N)CCC#N)ccc3nc3cc(C)c(N)c(C)c32)cc1.[I-]. The molecule has 3 aromatic carbocycles. The normalized spacial score (nSPS) is 10.4. The quantitative estimate of drug-likeness (QED) is 0.155. The van der Waals surface area contributed by atoms with Crippen LogP contribution in [-0.4, -0.2) is 25.2 Å². The van der Waals surface area contributed by atoms with Gasteiger partial charge in [0.05, 0.1) is 32.1 Å². The molecule has 4 rings (SSSR count). The van der Waals surface area contributed by atoms with Gasteiger partial charge < -0.3 is 39.3 Å². The lowest BCUT2D eigenvalue weighted by Crippen LogP contribution is -3.00. The third-order valence-corrected chi connectivity index (χ3v) is 6.13. The van der Waals surface area contributed by atoms with Gasteiger partial charge in [-0.1, -0.05) is 0 Å². The van der Waals surface area contributed by atoms with Crippen molar-refractivity contribution in [2.24, 2.45) is 0 Å². The Morgan fingerprint density at radius 3 is 2.23 bits per heavy atom. The van der Waals surface area contributed by atoms with E-state index < -0.39 is 0 Å². The van der Waals surface area contributed by atoms with Gasteiger partial charge in [-0.25, -0.2) is 4.98 Å². The Labute approximate surface area is 222 Å². The fourth-order valence-corrected chi connectivity index (χ4v) is 4.31. The molecule has 0 radical (unpaired) electrons. The van der Waals surface area contributed by atoms with Crippen LogP contribution in [0.2, 0.25) is 0 Å². The summed E-state index contributed by atoms with van der Waals surface area (Å²) in [6.45, 7) is 5.13. The topological polar surface area (TPSA) is 103 Å². The van der Waals surface area contributed by atoms with Crippen LogP contribution in [0.3, 0.4) is 0 Å². The van der Waals surface area contributed by atoms with Crippen LogP contribution in [0.5, 0.6) is 5.75 Å². The van der Waals surface area contributed by atoms with Crippen molar-refractivity contribution < 1.29 is 33.3 Å². The maximum atomic E-state index is 9.11. The number of aryl methyl sites for hydroxylation is 2. The molecule has 0 aliphatic carbocycles. The number of methoxy groups -OCH3 is 1. The van der Waals surface area contributed by atoms with Crippen LogP contribution in [0, 0.1) is 36.5 Å². The average Bonchev–Trinajstić information content (AvgIpc) is 2.86. The summed E-state index contributed by atoms with van der Waals surface area (Å²) in [6, 6.07) is 20.4. The van der Waals surface area contributed by atoms with E-state index in [-0.39, 0.29) is 24.0 Å². The predicted molar refractivity (Wildman–Crippen MR) is 134 cm³/mol. The number of anilines is 2. The van der Waals surface area contributed by atoms with E-state index in [4.69, 9.17) is 26.0 Å². The van der Waals surface area contributed by atoms with Crippen molar-refractivity contribution in [3.05, 3.63) is 59.7 Å². The highest BCUT2D eigenvalue weighted by atomic mass is 127. The van der Waals surface area contributed by atoms with Gasteiger partial charge in [0.15, 0.2) is 0 Å². The Balaban J connectivity index is 0.00000342. The third-order valence-electron chi connectivity index (χ3n) is 6.13. The molecular formula is C27H27IN6O. The van der Waals surface area contributed by atoms with Gasteiger partial charge in [0.2, 0.25) is 16.7 Å². The van der Waals surface area contributed by atoms with Gasteiger partial charge in [-0.05, 0) is 49.7 Å². The molecule has 1 heterocycles. The number of hydrogen-bond donors (Lipinski definition) is 1. The highest BCUT2D eigenvalue weighted by Crippen LogP contribution is 2.29. The van der Waals surface area contributed by atoms with Crippen LogP contribution in [0.1, 0.15) is 24.0 Å². The predicted octanol–water partition coefficient (Wildman–Crippen LogP) is 1.51. The summed E-state index contributed by atoms with van der Waals surface area (Å²) in [5, 5.41) is 18.2. The third kappa shape index (κ3) is 5.08. The van der Waals surface area contributed by atoms with Crippen molar-refractivity contribution in [2.75, 3.05) is 30.8 Å². The first-order valence-electron chi connectivity index (χ1n) is 11.2. The van der Waals surface area contributed by atoms with Crippen molar-refractivity contribution in [3.63, 3.8) is 0 Å². The van der Waals surface area contributed by atoms with Crippen LogP contribution < -0.4 is 43.9 Å². The highest BCUT2D eigenvalue weighted by Gasteiger charge is 2.24. The number of hydrogen-bond acceptors (Lipinski definition) is 6. The van der Waals surface area contributed by atoms with Crippen molar-refractivity contribution >= 4 is 33.4 Å². The number of aromatic nitrogens is 2. The lowest BCUT2D eigenvalue weighted by molar-refractivity contribution is -0.538. The molecule has 2 N–H and O–H groups in total. The molecule has 0 spiro atoms. The molecule has 7 nitrogen and oxygen atoms in total. The summed E-state index contributed by atoms with van der Waals surface area (Å²) in [5.74, 6) is 0.777. The van der Waals surface area contributed by atoms with Gasteiger partial charge in [-0.15, -0.1) is 4.57 Å². The molecule has 0 saturated carbocycles. The largest absolute Gasteiger partial charge is 1.00 e. The Morgan fingerprint density at radius 1 is 0.971 bits per heavy atom. The molecular weight excluding hydrogens is 551 g/mol. The summed E-state index contributed by atoms with van der Waals surface area (Å²) in [4.78, 5) is 7.04. The Bertz CT molecular complexity index is 1440. The minimum Gasteiger partial charge on any atom is -1.00 e. The molecule has 0 amide bonds. The van der Waals surface area contributed by atoms with E-state index in [0.29, 0.717) is 25.9 Å². The fraction of sp³-hybridized carbons (Fsp3) is 0.259. The minimum absolute atomic E-state index is 0. The Hall–Kier alpha value is -3.63. The molecule has 0 atom stereocenters.